The first-order valence-corrected chi connectivity index (χ1v) is 4.99. The summed E-state index contributed by atoms with van der Waals surface area (Å²) in [5.41, 5.74) is 0.886. The Morgan fingerprint density at radius 1 is 1.35 bits per heavy atom. The number of hydrogen-bond acceptors (Lipinski definition) is 5. The van der Waals surface area contributed by atoms with Gasteiger partial charge in [-0.15, -0.1) is 0 Å². The third kappa shape index (κ3) is 3.37. The Hall–Kier alpha value is -1.72. The van der Waals surface area contributed by atoms with Gasteiger partial charge in [-0.05, 0) is 6.07 Å². The standard InChI is InChI=1S/C12H14O5/c1-15-11(14)9-5-3-4-6-10(9)12(16-2)17-8-7-13/h3-7,12H,8H2,1-2H3. The van der Waals surface area contributed by atoms with Crippen LogP contribution in [-0.4, -0.2) is 33.1 Å². The predicted molar refractivity (Wildman–Crippen MR) is 59.5 cm³/mol. The molecule has 0 aliphatic rings. The molecule has 5 heteroatoms. The topological polar surface area (TPSA) is 61.8 Å². The number of ether oxygens (including phenoxy) is 3. The number of carbonyl (C=O) groups excluding carboxylic acids is 2. The lowest BCUT2D eigenvalue weighted by Gasteiger charge is -2.17. The first-order chi connectivity index (χ1) is 8.24. The molecule has 92 valence electrons. The third-order valence-corrected chi connectivity index (χ3v) is 2.15. The van der Waals surface area contributed by atoms with Gasteiger partial charge in [-0.3, -0.25) is 0 Å². The average molecular weight is 238 g/mol. The minimum absolute atomic E-state index is 0.103. The van der Waals surface area contributed by atoms with Crippen LogP contribution in [0.15, 0.2) is 24.3 Å². The summed E-state index contributed by atoms with van der Waals surface area (Å²) >= 11 is 0. The van der Waals surface area contributed by atoms with E-state index in [2.05, 4.69) is 4.74 Å². The lowest BCUT2D eigenvalue weighted by Crippen LogP contribution is -2.14. The number of benzene rings is 1. The smallest absolute Gasteiger partial charge is 0.338 e. The van der Waals surface area contributed by atoms with Crippen LogP contribution in [0.3, 0.4) is 0 Å². The number of rotatable bonds is 6. The van der Waals surface area contributed by atoms with Gasteiger partial charge in [0.25, 0.3) is 0 Å². The van der Waals surface area contributed by atoms with Crippen molar-refractivity contribution in [1.82, 2.24) is 0 Å². The number of carbonyl (C=O) groups is 2. The van der Waals surface area contributed by atoms with Crippen molar-refractivity contribution < 1.29 is 23.8 Å². The molecule has 0 fully saturated rings. The molecule has 1 aromatic rings. The van der Waals surface area contributed by atoms with Crippen LogP contribution in [0.1, 0.15) is 22.2 Å². The molecule has 0 spiro atoms. The SMILES string of the molecule is COC(=O)c1ccccc1C(OC)OCC=O. The lowest BCUT2D eigenvalue weighted by molar-refractivity contribution is -0.140. The van der Waals surface area contributed by atoms with Gasteiger partial charge in [0, 0.05) is 12.7 Å². The van der Waals surface area contributed by atoms with E-state index in [0.29, 0.717) is 17.4 Å². The van der Waals surface area contributed by atoms with Crippen molar-refractivity contribution >= 4 is 12.3 Å². The third-order valence-electron chi connectivity index (χ3n) is 2.15. The Bertz CT molecular complexity index is 388. The van der Waals surface area contributed by atoms with Gasteiger partial charge in [0.15, 0.2) is 6.29 Å². The Morgan fingerprint density at radius 2 is 2.06 bits per heavy atom. The highest BCUT2D eigenvalue weighted by molar-refractivity contribution is 5.91. The first-order valence-electron chi connectivity index (χ1n) is 4.99. The molecule has 0 heterocycles. The molecule has 1 rings (SSSR count). The largest absolute Gasteiger partial charge is 0.465 e. The zero-order valence-corrected chi connectivity index (χ0v) is 9.71. The van der Waals surface area contributed by atoms with Gasteiger partial charge in [0.2, 0.25) is 0 Å². The molecular formula is C12H14O5. The maximum absolute atomic E-state index is 11.5. The summed E-state index contributed by atoms with van der Waals surface area (Å²) in [6, 6.07) is 6.75. The van der Waals surface area contributed by atoms with Crippen LogP contribution in [0.5, 0.6) is 0 Å². The second-order valence-corrected chi connectivity index (χ2v) is 3.15. The molecule has 17 heavy (non-hydrogen) atoms. The van der Waals surface area contributed by atoms with Gasteiger partial charge in [-0.25, -0.2) is 4.79 Å². The molecule has 0 aliphatic heterocycles. The van der Waals surface area contributed by atoms with Crippen molar-refractivity contribution in [3.63, 3.8) is 0 Å². The number of methoxy groups -OCH3 is 2. The molecule has 5 nitrogen and oxygen atoms in total. The van der Waals surface area contributed by atoms with Gasteiger partial charge in [0.1, 0.15) is 12.9 Å². The molecule has 1 unspecified atom stereocenters. The van der Waals surface area contributed by atoms with Gasteiger partial charge in [-0.2, -0.15) is 0 Å². The summed E-state index contributed by atoms with van der Waals surface area (Å²) in [6.45, 7) is -0.103. The van der Waals surface area contributed by atoms with Crippen LogP contribution < -0.4 is 0 Å². The van der Waals surface area contributed by atoms with E-state index >= 15 is 0 Å². The molecule has 1 aromatic carbocycles. The van der Waals surface area contributed by atoms with Gasteiger partial charge in [-0.1, -0.05) is 18.2 Å². The maximum Gasteiger partial charge on any atom is 0.338 e. The summed E-state index contributed by atoms with van der Waals surface area (Å²) in [7, 11) is 2.73. The molecule has 1 atom stereocenters. The van der Waals surface area contributed by atoms with E-state index in [4.69, 9.17) is 9.47 Å². The molecule has 0 N–H and O–H groups in total. The molecule has 0 amide bonds. The number of esters is 1. The predicted octanol–water partition coefficient (Wildman–Crippen LogP) is 1.33. The van der Waals surface area contributed by atoms with Crippen LogP contribution in [0.2, 0.25) is 0 Å². The van der Waals surface area contributed by atoms with Crippen molar-refractivity contribution in [3.8, 4) is 0 Å². The van der Waals surface area contributed by atoms with Crippen LogP contribution in [0.25, 0.3) is 0 Å². The van der Waals surface area contributed by atoms with Crippen molar-refractivity contribution in [3.05, 3.63) is 35.4 Å². The summed E-state index contributed by atoms with van der Waals surface area (Å²) in [5.74, 6) is -0.475. The molecule has 0 aliphatic carbocycles. The summed E-state index contributed by atoms with van der Waals surface area (Å²) in [4.78, 5) is 21.8. The molecule has 0 saturated heterocycles. The summed E-state index contributed by atoms with van der Waals surface area (Å²) < 4.78 is 14.9. The second kappa shape index (κ2) is 6.78. The number of aldehydes is 1. The highest BCUT2D eigenvalue weighted by Gasteiger charge is 2.19. The van der Waals surface area contributed by atoms with Crippen LogP contribution in [-0.2, 0) is 19.0 Å². The van der Waals surface area contributed by atoms with Gasteiger partial charge < -0.3 is 19.0 Å². The van der Waals surface area contributed by atoms with Crippen LogP contribution in [0, 0.1) is 0 Å². The minimum atomic E-state index is -0.768. The van der Waals surface area contributed by atoms with Crippen LogP contribution >= 0.6 is 0 Å². The minimum Gasteiger partial charge on any atom is -0.465 e. The molecule has 0 saturated carbocycles. The summed E-state index contributed by atoms with van der Waals surface area (Å²) in [6.07, 6.45) is -0.150. The Morgan fingerprint density at radius 3 is 2.65 bits per heavy atom. The van der Waals surface area contributed by atoms with E-state index in [1.807, 2.05) is 0 Å². The first kappa shape index (κ1) is 13.3. The molecular weight excluding hydrogens is 224 g/mol. The van der Waals surface area contributed by atoms with E-state index in [1.165, 1.54) is 14.2 Å². The van der Waals surface area contributed by atoms with E-state index in [1.54, 1.807) is 24.3 Å². The monoisotopic (exact) mass is 238 g/mol. The molecule has 0 aromatic heterocycles. The van der Waals surface area contributed by atoms with E-state index in [0.717, 1.165) is 0 Å². The van der Waals surface area contributed by atoms with Gasteiger partial charge >= 0.3 is 5.97 Å². The Kier molecular flexibility index (Phi) is 5.32. The fourth-order valence-corrected chi connectivity index (χ4v) is 1.41. The van der Waals surface area contributed by atoms with Crippen molar-refractivity contribution in [2.24, 2.45) is 0 Å². The lowest BCUT2D eigenvalue weighted by atomic mass is 10.1. The highest BCUT2D eigenvalue weighted by atomic mass is 16.7. The number of hydrogen-bond donors (Lipinski definition) is 0. The fourth-order valence-electron chi connectivity index (χ4n) is 1.41. The van der Waals surface area contributed by atoms with E-state index in [9.17, 15) is 9.59 Å². The Labute approximate surface area is 99.3 Å². The fraction of sp³-hybridized carbons (Fsp3) is 0.333. The molecule has 0 bridgehead atoms. The average Bonchev–Trinajstić information content (AvgIpc) is 2.39. The molecule has 0 radical (unpaired) electrons. The van der Waals surface area contributed by atoms with Crippen molar-refractivity contribution in [2.75, 3.05) is 20.8 Å². The van der Waals surface area contributed by atoms with Crippen molar-refractivity contribution in [2.45, 2.75) is 6.29 Å². The maximum atomic E-state index is 11.5. The zero-order chi connectivity index (χ0) is 12.7. The highest BCUT2D eigenvalue weighted by Crippen LogP contribution is 2.22. The second-order valence-electron chi connectivity index (χ2n) is 3.15. The van der Waals surface area contributed by atoms with Crippen LogP contribution in [0.4, 0.5) is 0 Å². The van der Waals surface area contributed by atoms with E-state index < -0.39 is 12.3 Å². The van der Waals surface area contributed by atoms with E-state index in [-0.39, 0.29) is 6.61 Å². The zero-order valence-electron chi connectivity index (χ0n) is 9.71. The summed E-state index contributed by atoms with van der Waals surface area (Å²) in [5, 5.41) is 0. The van der Waals surface area contributed by atoms with Crippen molar-refractivity contribution in [1.29, 1.82) is 0 Å². The quantitative estimate of drug-likeness (QED) is 0.425. The Balaban J connectivity index is 3.01. The van der Waals surface area contributed by atoms with Gasteiger partial charge in [0.05, 0.1) is 12.7 Å². The normalized spacial score (nSPS) is 11.9.